The number of hydrogen-bond donors (Lipinski definition) is 0. The molecule has 0 atom stereocenters. The molecule has 0 aliphatic rings. The number of aromatic nitrogens is 1. The molecule has 0 spiro atoms. The molecule has 1 aromatic carbocycles. The molecule has 2 heteroatoms. The maximum atomic E-state index is 2.41. The van der Waals surface area contributed by atoms with Crippen molar-refractivity contribution in [2.45, 2.75) is 0 Å². The van der Waals surface area contributed by atoms with Crippen LogP contribution in [0.4, 0.5) is 0 Å². The summed E-state index contributed by atoms with van der Waals surface area (Å²) in [6.45, 7) is 0. The van der Waals surface area contributed by atoms with Gasteiger partial charge in [-0.2, -0.15) is 0 Å². The van der Waals surface area contributed by atoms with Gasteiger partial charge in [0.05, 0.1) is 21.3 Å². The van der Waals surface area contributed by atoms with Crippen molar-refractivity contribution in [2.24, 2.45) is 0 Å². The highest BCUT2D eigenvalue weighted by Crippen LogP contribution is 2.40. The Labute approximate surface area is 107 Å². The topological polar surface area (TPSA) is 4.41 Å². The zero-order valence-corrected chi connectivity index (χ0v) is 10.4. The van der Waals surface area contributed by atoms with Crippen LogP contribution in [0.15, 0.2) is 53.9 Å². The summed E-state index contributed by atoms with van der Waals surface area (Å²) in [4.78, 5) is 0. The zero-order valence-electron chi connectivity index (χ0n) is 9.55. The second kappa shape index (κ2) is 2.85. The molecule has 0 amide bonds. The third-order valence-electron chi connectivity index (χ3n) is 3.82. The van der Waals surface area contributed by atoms with E-state index in [9.17, 15) is 0 Å². The molecule has 0 bridgehead atoms. The highest BCUT2D eigenvalue weighted by Gasteiger charge is 2.16. The average molecular weight is 247 g/mol. The van der Waals surface area contributed by atoms with Crippen molar-refractivity contribution < 1.29 is 0 Å². The smallest absolute Gasteiger partial charge is 0.0641 e. The minimum absolute atomic E-state index is 1.32. The standard InChI is InChI=1S/C16H9NS/c1-2-5-11-10(4-1)13-6-3-7-14-16-12(8-9-18-16)15(11)17(13)14/h1-9H. The molecule has 4 aromatic heterocycles. The third-order valence-corrected chi connectivity index (χ3v) is 4.76. The van der Waals surface area contributed by atoms with Gasteiger partial charge in [-0.3, -0.25) is 0 Å². The maximum Gasteiger partial charge on any atom is 0.0641 e. The second-order valence-corrected chi connectivity index (χ2v) is 5.61. The van der Waals surface area contributed by atoms with Crippen LogP contribution < -0.4 is 0 Å². The van der Waals surface area contributed by atoms with Crippen LogP contribution in [0.1, 0.15) is 0 Å². The van der Waals surface area contributed by atoms with E-state index in [0.717, 1.165) is 0 Å². The lowest BCUT2D eigenvalue weighted by Crippen LogP contribution is -1.79. The van der Waals surface area contributed by atoms with Gasteiger partial charge >= 0.3 is 0 Å². The summed E-state index contributed by atoms with van der Waals surface area (Å²) < 4.78 is 3.81. The highest BCUT2D eigenvalue weighted by molar-refractivity contribution is 7.18. The summed E-state index contributed by atoms with van der Waals surface area (Å²) in [6.07, 6.45) is 0. The molecule has 0 unspecified atom stereocenters. The van der Waals surface area contributed by atoms with Crippen molar-refractivity contribution in [3.05, 3.63) is 53.9 Å². The Morgan fingerprint density at radius 3 is 2.50 bits per heavy atom. The van der Waals surface area contributed by atoms with Crippen molar-refractivity contribution in [2.75, 3.05) is 0 Å². The molecule has 0 N–H and O–H groups in total. The van der Waals surface area contributed by atoms with Gasteiger partial charge in [0.1, 0.15) is 0 Å². The van der Waals surface area contributed by atoms with Gasteiger partial charge in [-0.05, 0) is 23.6 Å². The lowest BCUT2D eigenvalue weighted by molar-refractivity contribution is 1.36. The van der Waals surface area contributed by atoms with Crippen molar-refractivity contribution in [1.82, 2.24) is 4.40 Å². The molecule has 0 saturated heterocycles. The van der Waals surface area contributed by atoms with E-state index in [0.29, 0.717) is 0 Å². The quantitative estimate of drug-likeness (QED) is 0.366. The lowest BCUT2D eigenvalue weighted by Gasteiger charge is -1.95. The molecule has 1 nitrogen and oxygen atoms in total. The first-order valence-electron chi connectivity index (χ1n) is 6.05. The molecule has 18 heavy (non-hydrogen) atoms. The first-order chi connectivity index (χ1) is 8.95. The van der Waals surface area contributed by atoms with Crippen molar-refractivity contribution in [1.29, 1.82) is 0 Å². The molecule has 0 saturated carbocycles. The van der Waals surface area contributed by atoms with Crippen LogP contribution in [0.5, 0.6) is 0 Å². The zero-order chi connectivity index (χ0) is 11.7. The van der Waals surface area contributed by atoms with Gasteiger partial charge in [-0.1, -0.05) is 30.3 Å². The van der Waals surface area contributed by atoms with E-state index in [2.05, 4.69) is 58.3 Å². The molecule has 84 valence electrons. The van der Waals surface area contributed by atoms with Crippen molar-refractivity contribution in [3.63, 3.8) is 0 Å². The Balaban J connectivity index is 2.35. The second-order valence-electron chi connectivity index (χ2n) is 4.69. The first-order valence-corrected chi connectivity index (χ1v) is 6.93. The predicted molar refractivity (Wildman–Crippen MR) is 79.0 cm³/mol. The Bertz CT molecular complexity index is 1020. The van der Waals surface area contributed by atoms with Gasteiger partial charge in [0.25, 0.3) is 0 Å². The summed E-state index contributed by atoms with van der Waals surface area (Å²) in [5, 5.41) is 6.29. The fourth-order valence-electron chi connectivity index (χ4n) is 3.13. The van der Waals surface area contributed by atoms with E-state index in [4.69, 9.17) is 0 Å². The van der Waals surface area contributed by atoms with Crippen molar-refractivity contribution in [3.8, 4) is 0 Å². The fraction of sp³-hybridized carbons (Fsp3) is 0. The Morgan fingerprint density at radius 2 is 1.56 bits per heavy atom. The van der Waals surface area contributed by atoms with Gasteiger partial charge in [0.15, 0.2) is 0 Å². The van der Waals surface area contributed by atoms with E-state index in [1.165, 1.54) is 37.4 Å². The Morgan fingerprint density at radius 1 is 0.722 bits per heavy atom. The van der Waals surface area contributed by atoms with Crippen LogP contribution in [-0.4, -0.2) is 4.40 Å². The normalized spacial score (nSPS) is 12.4. The SMILES string of the molecule is c1ccc2c(c1)c1cccc3c4sccc4c2n13. The third kappa shape index (κ3) is 0.833. The number of pyridine rings is 1. The first kappa shape index (κ1) is 8.95. The predicted octanol–water partition coefficient (Wildman–Crippen LogP) is 4.90. The van der Waals surface area contributed by atoms with Crippen LogP contribution in [0.25, 0.3) is 37.4 Å². The van der Waals surface area contributed by atoms with E-state index in [-0.39, 0.29) is 0 Å². The number of rotatable bonds is 0. The van der Waals surface area contributed by atoms with E-state index in [1.54, 1.807) is 0 Å². The molecular weight excluding hydrogens is 238 g/mol. The minimum atomic E-state index is 1.32. The van der Waals surface area contributed by atoms with E-state index >= 15 is 0 Å². The molecule has 4 heterocycles. The summed E-state index contributed by atoms with van der Waals surface area (Å²) in [7, 11) is 0. The summed E-state index contributed by atoms with van der Waals surface area (Å²) in [6, 6.07) is 17.5. The molecule has 0 radical (unpaired) electrons. The molecule has 0 fully saturated rings. The number of benzene rings is 1. The summed E-state index contributed by atoms with van der Waals surface area (Å²) in [5.74, 6) is 0. The Kier molecular flexibility index (Phi) is 1.41. The van der Waals surface area contributed by atoms with Crippen LogP contribution in [0, 0.1) is 0 Å². The van der Waals surface area contributed by atoms with Crippen molar-refractivity contribution >= 4 is 48.7 Å². The number of fused-ring (bicyclic) bond motifs is 6. The number of hydrogen-bond acceptors (Lipinski definition) is 1. The largest absolute Gasteiger partial charge is 0.307 e. The van der Waals surface area contributed by atoms with Gasteiger partial charge in [-0.25, -0.2) is 0 Å². The fourth-order valence-corrected chi connectivity index (χ4v) is 4.04. The van der Waals surface area contributed by atoms with Gasteiger partial charge in [-0.15, -0.1) is 11.3 Å². The van der Waals surface area contributed by atoms with E-state index in [1.807, 2.05) is 11.3 Å². The molecule has 0 aliphatic heterocycles. The molecule has 0 aliphatic carbocycles. The van der Waals surface area contributed by atoms with Crippen LogP contribution in [-0.2, 0) is 0 Å². The average Bonchev–Trinajstić information content (AvgIpc) is 3.06. The van der Waals surface area contributed by atoms with Crippen LogP contribution in [0.2, 0.25) is 0 Å². The summed E-state index contributed by atoms with van der Waals surface area (Å²) in [5.41, 5.74) is 4.03. The number of nitrogens with zero attached hydrogens (tertiary/aromatic N) is 1. The minimum Gasteiger partial charge on any atom is -0.307 e. The van der Waals surface area contributed by atoms with Gasteiger partial charge < -0.3 is 4.40 Å². The maximum absolute atomic E-state index is 2.41. The monoisotopic (exact) mass is 247 g/mol. The van der Waals surface area contributed by atoms with Crippen LogP contribution in [0.3, 0.4) is 0 Å². The van der Waals surface area contributed by atoms with Gasteiger partial charge in [0.2, 0.25) is 0 Å². The van der Waals surface area contributed by atoms with Crippen LogP contribution >= 0.6 is 11.3 Å². The van der Waals surface area contributed by atoms with Gasteiger partial charge in [0, 0.05) is 16.2 Å². The molecular formula is C16H9NS. The molecule has 5 rings (SSSR count). The van der Waals surface area contributed by atoms with E-state index < -0.39 is 0 Å². The summed E-state index contributed by atoms with van der Waals surface area (Å²) >= 11 is 1.83. The number of thiophene rings is 1. The Hall–Kier alpha value is -2.06. The highest BCUT2D eigenvalue weighted by atomic mass is 32.1. The lowest BCUT2D eigenvalue weighted by atomic mass is 10.1. The molecule has 5 aromatic rings.